The Bertz CT molecular complexity index is 1260. The largest absolute Gasteiger partial charge is 0.480 e. The Hall–Kier alpha value is -3.72. The fraction of sp³-hybridized carbons (Fsp3) is 0.308. The van der Waals surface area contributed by atoms with Crippen molar-refractivity contribution in [2.75, 3.05) is 18.5 Å². The van der Waals surface area contributed by atoms with Gasteiger partial charge in [0.25, 0.3) is 5.91 Å². The minimum absolute atomic E-state index is 0.0608. The van der Waals surface area contributed by atoms with Crippen LogP contribution in [-0.4, -0.2) is 51.7 Å². The minimum Gasteiger partial charge on any atom is -0.480 e. The van der Waals surface area contributed by atoms with Crippen molar-refractivity contribution >= 4 is 34.4 Å². The molecule has 1 saturated heterocycles. The van der Waals surface area contributed by atoms with Crippen LogP contribution in [0.4, 0.5) is 9.93 Å². The molecule has 2 aliphatic rings. The van der Waals surface area contributed by atoms with Gasteiger partial charge in [-0.05, 0) is 48.4 Å². The zero-order valence-electron chi connectivity index (χ0n) is 19.2. The summed E-state index contributed by atoms with van der Waals surface area (Å²) < 4.78 is 5.54. The van der Waals surface area contributed by atoms with Crippen molar-refractivity contribution in [1.29, 1.82) is 0 Å². The minimum atomic E-state index is -1.25. The summed E-state index contributed by atoms with van der Waals surface area (Å²) in [5.74, 6) is -1.48. The van der Waals surface area contributed by atoms with E-state index >= 15 is 0 Å². The molecular weight excluding hydrogens is 466 g/mol. The van der Waals surface area contributed by atoms with Crippen molar-refractivity contribution in [3.8, 4) is 11.1 Å². The zero-order valence-corrected chi connectivity index (χ0v) is 20.0. The molecule has 35 heavy (non-hydrogen) atoms. The van der Waals surface area contributed by atoms with E-state index in [1.165, 1.54) is 11.1 Å². The number of hydrogen-bond acceptors (Lipinski definition) is 6. The van der Waals surface area contributed by atoms with E-state index in [9.17, 15) is 19.5 Å². The average Bonchev–Trinajstić information content (AvgIpc) is 3.45. The molecule has 2 N–H and O–H groups in total. The zero-order chi connectivity index (χ0) is 24.6. The second kappa shape index (κ2) is 9.14. The van der Waals surface area contributed by atoms with Gasteiger partial charge in [-0.15, -0.1) is 0 Å². The number of fused-ring (bicyclic) bond motifs is 3. The summed E-state index contributed by atoms with van der Waals surface area (Å²) in [6.45, 7) is 2.11. The molecule has 1 unspecified atom stereocenters. The summed E-state index contributed by atoms with van der Waals surface area (Å²) in [5.41, 5.74) is 3.27. The lowest BCUT2D eigenvalue weighted by atomic mass is 9.88. The number of nitrogens with zero attached hydrogens (tertiary/aromatic N) is 2. The first-order chi connectivity index (χ1) is 16.9. The van der Waals surface area contributed by atoms with Crippen LogP contribution in [0.5, 0.6) is 0 Å². The van der Waals surface area contributed by atoms with E-state index in [1.807, 2.05) is 36.4 Å². The third-order valence-electron chi connectivity index (χ3n) is 6.87. The summed E-state index contributed by atoms with van der Waals surface area (Å²) in [5, 5.41) is 12.5. The van der Waals surface area contributed by atoms with Gasteiger partial charge < -0.3 is 14.7 Å². The molecule has 1 fully saturated rings. The van der Waals surface area contributed by atoms with Gasteiger partial charge in [0.2, 0.25) is 0 Å². The van der Waals surface area contributed by atoms with E-state index in [0.29, 0.717) is 13.0 Å². The fourth-order valence-corrected chi connectivity index (χ4v) is 5.71. The molecule has 3 aromatic rings. The maximum atomic E-state index is 13.0. The Morgan fingerprint density at radius 3 is 2.43 bits per heavy atom. The van der Waals surface area contributed by atoms with Gasteiger partial charge in [0.15, 0.2) is 5.13 Å². The van der Waals surface area contributed by atoms with Gasteiger partial charge in [-0.3, -0.25) is 10.1 Å². The van der Waals surface area contributed by atoms with Crippen LogP contribution < -0.4 is 5.32 Å². The Labute approximate surface area is 206 Å². The van der Waals surface area contributed by atoms with Crippen molar-refractivity contribution in [2.45, 2.75) is 37.6 Å². The lowest BCUT2D eigenvalue weighted by Gasteiger charge is -2.41. The molecule has 8 nitrogen and oxygen atoms in total. The highest BCUT2D eigenvalue weighted by molar-refractivity contribution is 7.17. The van der Waals surface area contributed by atoms with Crippen LogP contribution in [0.25, 0.3) is 11.1 Å². The number of benzene rings is 2. The van der Waals surface area contributed by atoms with Crippen LogP contribution >= 0.6 is 11.3 Å². The van der Waals surface area contributed by atoms with Gasteiger partial charge >= 0.3 is 12.1 Å². The maximum absolute atomic E-state index is 13.0. The number of hydrogen-bond donors (Lipinski definition) is 2. The number of piperidine rings is 1. The molecule has 0 saturated carbocycles. The van der Waals surface area contributed by atoms with E-state index < -0.39 is 23.5 Å². The molecule has 5 rings (SSSR count). The standard InChI is InChI=1S/C26H25N3O5S/c1-26(23(31)32)12-6-7-13-29(26)22(30)21-14-27-24(35-21)28-25(33)34-15-20-18-10-4-2-8-16(18)17-9-3-5-11-19(17)20/h2-5,8-11,14,20H,6-7,12-13,15H2,1H3,(H,31,32)(H,27,28,33). The molecular formula is C26H25N3O5S. The van der Waals surface area contributed by atoms with Gasteiger partial charge in [-0.2, -0.15) is 0 Å². The maximum Gasteiger partial charge on any atom is 0.413 e. The van der Waals surface area contributed by atoms with E-state index in [4.69, 9.17) is 4.74 Å². The molecule has 0 radical (unpaired) electrons. The third kappa shape index (κ3) is 4.16. The molecule has 2 heterocycles. The van der Waals surface area contributed by atoms with Crippen molar-refractivity contribution < 1.29 is 24.2 Å². The Morgan fingerprint density at radius 1 is 1.11 bits per heavy atom. The summed E-state index contributed by atoms with van der Waals surface area (Å²) in [7, 11) is 0. The summed E-state index contributed by atoms with van der Waals surface area (Å²) >= 11 is 1.00. The summed E-state index contributed by atoms with van der Waals surface area (Å²) in [4.78, 5) is 43.2. The molecule has 1 atom stereocenters. The predicted molar refractivity (Wildman–Crippen MR) is 132 cm³/mol. The molecule has 0 spiro atoms. The lowest BCUT2D eigenvalue weighted by Crippen LogP contribution is -2.57. The first kappa shape index (κ1) is 23.0. The van der Waals surface area contributed by atoms with E-state index in [-0.39, 0.29) is 22.5 Å². The number of carboxylic acids is 1. The Kier molecular flexibility index (Phi) is 6.02. The number of amides is 2. The highest BCUT2D eigenvalue weighted by atomic mass is 32.1. The molecule has 0 bridgehead atoms. The van der Waals surface area contributed by atoms with E-state index in [1.54, 1.807) is 6.92 Å². The number of aromatic nitrogens is 1. The van der Waals surface area contributed by atoms with Gasteiger partial charge in [0, 0.05) is 12.5 Å². The van der Waals surface area contributed by atoms with Crippen molar-refractivity contribution in [1.82, 2.24) is 9.88 Å². The molecule has 9 heteroatoms. The molecule has 2 aromatic carbocycles. The van der Waals surface area contributed by atoms with E-state index in [2.05, 4.69) is 22.4 Å². The summed E-state index contributed by atoms with van der Waals surface area (Å²) in [6.07, 6.45) is 2.61. The number of carbonyl (C=O) groups excluding carboxylic acids is 2. The first-order valence-electron chi connectivity index (χ1n) is 11.5. The number of aliphatic carboxylic acids is 1. The number of carbonyl (C=O) groups is 3. The Morgan fingerprint density at radius 2 is 1.77 bits per heavy atom. The monoisotopic (exact) mass is 491 g/mol. The van der Waals surface area contributed by atoms with Crippen molar-refractivity contribution in [2.24, 2.45) is 0 Å². The first-order valence-corrected chi connectivity index (χ1v) is 12.3. The number of thiazole rings is 1. The smallest absolute Gasteiger partial charge is 0.413 e. The number of anilines is 1. The predicted octanol–water partition coefficient (Wildman–Crippen LogP) is 4.97. The fourth-order valence-electron chi connectivity index (χ4n) is 4.95. The van der Waals surface area contributed by atoms with Crippen LogP contribution in [0.15, 0.2) is 54.7 Å². The number of likely N-dealkylation sites (tertiary alicyclic amines) is 1. The van der Waals surface area contributed by atoms with Crippen LogP contribution in [0, 0.1) is 0 Å². The van der Waals surface area contributed by atoms with Gasteiger partial charge in [0.1, 0.15) is 17.0 Å². The van der Waals surface area contributed by atoms with Crippen LogP contribution in [0.1, 0.15) is 52.9 Å². The molecule has 1 aromatic heterocycles. The molecule has 1 aliphatic carbocycles. The van der Waals surface area contributed by atoms with Gasteiger partial charge in [-0.1, -0.05) is 59.9 Å². The van der Waals surface area contributed by atoms with Crippen molar-refractivity contribution in [3.05, 3.63) is 70.7 Å². The van der Waals surface area contributed by atoms with Crippen LogP contribution in [0.2, 0.25) is 0 Å². The number of carboxylic acid groups (broad SMARTS) is 1. The quantitative estimate of drug-likeness (QED) is 0.521. The highest BCUT2D eigenvalue weighted by Gasteiger charge is 2.44. The van der Waals surface area contributed by atoms with Crippen LogP contribution in [-0.2, 0) is 9.53 Å². The molecule has 2 amide bonds. The molecule has 180 valence electrons. The topological polar surface area (TPSA) is 109 Å². The lowest BCUT2D eigenvalue weighted by molar-refractivity contribution is -0.150. The van der Waals surface area contributed by atoms with Crippen molar-refractivity contribution in [3.63, 3.8) is 0 Å². The number of ether oxygens (including phenoxy) is 1. The van der Waals surface area contributed by atoms with Gasteiger partial charge in [0.05, 0.1) is 6.20 Å². The SMILES string of the molecule is CC1(C(=O)O)CCCCN1C(=O)c1cnc(NC(=O)OCC2c3ccccc3-c3ccccc32)s1. The number of rotatable bonds is 5. The normalized spacial score (nSPS) is 19.1. The Balaban J connectivity index is 1.24. The second-order valence-electron chi connectivity index (χ2n) is 8.97. The summed E-state index contributed by atoms with van der Waals surface area (Å²) in [6, 6.07) is 16.2. The molecule has 1 aliphatic heterocycles. The second-order valence-corrected chi connectivity index (χ2v) is 10.0. The van der Waals surface area contributed by atoms with E-state index in [0.717, 1.165) is 46.4 Å². The third-order valence-corrected chi connectivity index (χ3v) is 7.77. The van der Waals surface area contributed by atoms with Gasteiger partial charge in [-0.25, -0.2) is 14.6 Å². The highest BCUT2D eigenvalue weighted by Crippen LogP contribution is 2.44. The number of nitrogens with one attached hydrogen (secondary N) is 1. The average molecular weight is 492 g/mol. The van der Waals surface area contributed by atoms with Crippen LogP contribution in [0.3, 0.4) is 0 Å².